The topological polar surface area (TPSA) is 180 Å². The number of carbonyl (C=O) groups excluding carboxylic acids is 4. The minimum absolute atomic E-state index is 0.0188. The van der Waals surface area contributed by atoms with Crippen LogP contribution in [-0.2, 0) is 58.3 Å². The Labute approximate surface area is 333 Å². The number of aromatic nitrogens is 4. The quantitative estimate of drug-likeness (QED) is 0.191. The van der Waals surface area contributed by atoms with E-state index >= 15 is 0 Å². The van der Waals surface area contributed by atoms with Gasteiger partial charge in [0.25, 0.3) is 0 Å². The normalized spacial score (nSPS) is 18.2. The molecule has 2 aromatic carbocycles. The van der Waals surface area contributed by atoms with Crippen LogP contribution in [0.5, 0.6) is 0 Å². The lowest BCUT2D eigenvalue weighted by Crippen LogP contribution is -2.33. The van der Waals surface area contributed by atoms with E-state index in [9.17, 15) is 28.0 Å². The monoisotopic (exact) mass is 804 g/mol. The lowest BCUT2D eigenvalue weighted by Gasteiger charge is -2.21. The average molecular weight is 805 g/mol. The molecule has 6 heterocycles. The Bertz CT molecular complexity index is 2000. The van der Waals surface area contributed by atoms with Gasteiger partial charge in [-0.25, -0.2) is 18.4 Å². The van der Waals surface area contributed by atoms with Gasteiger partial charge in [-0.2, -0.15) is 10.2 Å². The minimum Gasteiger partial charge on any atom is -0.442 e. The Morgan fingerprint density at radius 2 is 1.19 bits per heavy atom. The van der Waals surface area contributed by atoms with Crippen LogP contribution in [0.2, 0.25) is 0 Å². The molecule has 4 aliphatic rings. The van der Waals surface area contributed by atoms with Crippen molar-refractivity contribution in [1.29, 1.82) is 0 Å². The van der Waals surface area contributed by atoms with E-state index in [0.717, 1.165) is 35.5 Å². The second-order valence-corrected chi connectivity index (χ2v) is 14.5. The van der Waals surface area contributed by atoms with E-state index in [1.165, 1.54) is 35.8 Å². The third-order valence-electron chi connectivity index (χ3n) is 10.1. The van der Waals surface area contributed by atoms with Crippen LogP contribution in [0.25, 0.3) is 0 Å². The molecule has 0 unspecified atom stereocenters. The van der Waals surface area contributed by atoms with Gasteiger partial charge in [0.1, 0.15) is 23.8 Å². The molecule has 2 fully saturated rings. The molecule has 8 rings (SSSR count). The number of hydrogen-bond donors (Lipinski definition) is 3. The molecule has 2 atom stereocenters. The molecule has 58 heavy (non-hydrogen) atoms. The summed E-state index contributed by atoms with van der Waals surface area (Å²) in [6, 6.07) is 9.40. The Kier molecular flexibility index (Phi) is 11.8. The molecule has 0 spiro atoms. The summed E-state index contributed by atoms with van der Waals surface area (Å²) in [6.45, 7) is 9.37. The van der Waals surface area contributed by atoms with Crippen LogP contribution in [0.1, 0.15) is 49.7 Å². The Morgan fingerprint density at radius 3 is 1.57 bits per heavy atom. The van der Waals surface area contributed by atoms with Crippen LogP contribution in [0, 0.1) is 11.6 Å². The van der Waals surface area contributed by atoms with Gasteiger partial charge >= 0.3 is 12.2 Å². The number of aliphatic hydroxyl groups excluding tert-OH is 1. The fourth-order valence-electron chi connectivity index (χ4n) is 7.35. The maximum absolute atomic E-state index is 14.9. The fraction of sp³-hybridized carbons (Fsp3) is 0.436. The third-order valence-corrected chi connectivity index (χ3v) is 10.1. The van der Waals surface area contributed by atoms with Crippen LogP contribution in [0.4, 0.5) is 41.1 Å². The highest BCUT2D eigenvalue weighted by Gasteiger charge is 2.35. The van der Waals surface area contributed by atoms with Crippen molar-refractivity contribution in [2.45, 2.75) is 78.7 Å². The number of aryl methyl sites for hydroxylation is 1. The number of nitrogens with zero attached hydrogens (tertiary/aromatic N) is 8. The number of carbonyl (C=O) groups is 4. The SMILES string of the molecule is CC(=O)NC[C@H]1CN(c2ccc(N3Cc4cn(CCO)nc4C3)c(F)c2)C(=O)O1.CCCn1cc2c(n1)CN(c1ccc(N3C[C@H](CNC(C)=O)OC3=O)cc1F)C2. The molecule has 17 nitrogen and oxygen atoms in total. The first-order valence-electron chi connectivity index (χ1n) is 19.1. The van der Waals surface area contributed by atoms with Crippen LogP contribution in [-0.4, -0.2) is 93.7 Å². The standard InChI is InChI=1S/C20H24FN5O3.C19H22FN5O4/c1-3-6-25-10-14-9-24(12-18(14)23-25)19-5-4-15(7-17(19)21)26-11-16(29-20(26)28)8-22-13(2)27;1-12(27)21-7-15-10-25(19(28)29-15)14-2-3-18(16(20)6-14)23-8-13-9-24(4-5-26)22-17(13)11-23/h4-5,7,10,16H,3,6,8-9,11-12H2,1-2H3,(H,22,27);2-3,6,9,15,26H,4-5,7-8,10-11H2,1H3,(H,21,27)/t16-;15-/m00/s1. The predicted octanol–water partition coefficient (Wildman–Crippen LogP) is 3.41. The van der Waals surface area contributed by atoms with Gasteiger partial charge in [-0.1, -0.05) is 6.92 Å². The maximum Gasteiger partial charge on any atom is 0.414 e. The number of cyclic esters (lactones) is 2. The molecular weight excluding hydrogens is 758 g/mol. The number of anilines is 4. The van der Waals surface area contributed by atoms with Crippen molar-refractivity contribution in [3.05, 3.63) is 82.9 Å². The number of ether oxygens (including phenoxy) is 2. The Hall–Kier alpha value is -6.24. The van der Waals surface area contributed by atoms with Crippen LogP contribution in [0.3, 0.4) is 0 Å². The summed E-state index contributed by atoms with van der Waals surface area (Å²) < 4.78 is 43.8. The molecule has 4 aromatic rings. The zero-order valence-electron chi connectivity index (χ0n) is 32.5. The second-order valence-electron chi connectivity index (χ2n) is 14.5. The zero-order chi connectivity index (χ0) is 41.1. The van der Waals surface area contributed by atoms with Crippen molar-refractivity contribution >= 4 is 46.8 Å². The summed E-state index contributed by atoms with van der Waals surface area (Å²) in [5.41, 5.74) is 5.73. The van der Waals surface area contributed by atoms with Gasteiger partial charge in [0.15, 0.2) is 0 Å². The number of amides is 4. The number of benzene rings is 2. The molecule has 308 valence electrons. The maximum atomic E-state index is 14.9. The molecule has 0 aliphatic carbocycles. The number of rotatable bonds is 12. The molecule has 0 bridgehead atoms. The largest absolute Gasteiger partial charge is 0.442 e. The van der Waals surface area contributed by atoms with E-state index in [1.807, 2.05) is 26.9 Å². The molecule has 4 aliphatic heterocycles. The lowest BCUT2D eigenvalue weighted by atomic mass is 10.2. The van der Waals surface area contributed by atoms with Gasteiger partial charge in [-0.05, 0) is 42.8 Å². The van der Waals surface area contributed by atoms with Crippen molar-refractivity contribution in [3.63, 3.8) is 0 Å². The van der Waals surface area contributed by atoms with Crippen LogP contribution >= 0.6 is 0 Å². The number of halogens is 2. The first kappa shape index (κ1) is 40.0. The highest BCUT2D eigenvalue weighted by Crippen LogP contribution is 2.34. The smallest absolute Gasteiger partial charge is 0.414 e. The fourth-order valence-corrected chi connectivity index (χ4v) is 7.35. The number of fused-ring (bicyclic) bond motifs is 2. The van der Waals surface area contributed by atoms with Crippen molar-refractivity contribution in [2.75, 3.05) is 52.4 Å². The van der Waals surface area contributed by atoms with E-state index in [4.69, 9.17) is 14.6 Å². The summed E-state index contributed by atoms with van der Waals surface area (Å²) in [6.07, 6.45) is 2.88. The lowest BCUT2D eigenvalue weighted by molar-refractivity contribution is -0.120. The average Bonchev–Trinajstić information content (AvgIpc) is 4.02. The molecule has 4 amide bonds. The molecule has 3 N–H and O–H groups in total. The third kappa shape index (κ3) is 8.83. The van der Waals surface area contributed by atoms with Crippen molar-refractivity contribution in [3.8, 4) is 0 Å². The molecule has 0 saturated carbocycles. The van der Waals surface area contributed by atoms with Crippen molar-refractivity contribution in [2.24, 2.45) is 0 Å². The van der Waals surface area contributed by atoms with E-state index < -0.39 is 36.0 Å². The van der Waals surface area contributed by atoms with Gasteiger partial charge in [0, 0.05) is 57.0 Å². The van der Waals surface area contributed by atoms with Crippen LogP contribution in [0.15, 0.2) is 48.8 Å². The first-order chi connectivity index (χ1) is 27.9. The summed E-state index contributed by atoms with van der Waals surface area (Å²) in [5, 5.41) is 23.2. The first-order valence-corrected chi connectivity index (χ1v) is 19.1. The van der Waals surface area contributed by atoms with E-state index in [-0.39, 0.29) is 44.6 Å². The highest BCUT2D eigenvalue weighted by atomic mass is 19.1. The van der Waals surface area contributed by atoms with Crippen molar-refractivity contribution < 1.29 is 42.5 Å². The van der Waals surface area contributed by atoms with Crippen LogP contribution < -0.4 is 30.2 Å². The Balaban J connectivity index is 0.000000177. The summed E-state index contributed by atoms with van der Waals surface area (Å²) in [7, 11) is 0. The minimum atomic E-state index is -0.563. The number of nitrogens with one attached hydrogen (secondary N) is 2. The zero-order valence-corrected chi connectivity index (χ0v) is 32.5. The molecule has 0 radical (unpaired) electrons. The predicted molar refractivity (Wildman–Crippen MR) is 207 cm³/mol. The summed E-state index contributed by atoms with van der Waals surface area (Å²) in [5.74, 6) is -1.23. The second kappa shape index (κ2) is 17.1. The number of aliphatic hydroxyl groups is 1. The van der Waals surface area contributed by atoms with Gasteiger partial charge in [0.05, 0.1) is 86.6 Å². The van der Waals surface area contributed by atoms with Crippen molar-refractivity contribution in [1.82, 2.24) is 30.2 Å². The molecular formula is C39H46F2N10O7. The highest BCUT2D eigenvalue weighted by molar-refractivity contribution is 5.91. The van der Waals surface area contributed by atoms with Gasteiger partial charge < -0.3 is 35.0 Å². The molecule has 19 heteroatoms. The van der Waals surface area contributed by atoms with Gasteiger partial charge in [0.2, 0.25) is 11.8 Å². The number of hydrogen-bond acceptors (Lipinski definition) is 11. The van der Waals surface area contributed by atoms with Gasteiger partial charge in [-0.15, -0.1) is 0 Å². The molecule has 2 aromatic heterocycles. The van der Waals surface area contributed by atoms with Gasteiger partial charge in [-0.3, -0.25) is 28.8 Å². The Morgan fingerprint density at radius 1 is 0.741 bits per heavy atom. The summed E-state index contributed by atoms with van der Waals surface area (Å²) >= 11 is 0. The van der Waals surface area contributed by atoms with E-state index in [2.05, 4.69) is 27.8 Å². The van der Waals surface area contributed by atoms with E-state index in [1.54, 1.807) is 28.9 Å². The molecule has 2 saturated heterocycles. The summed E-state index contributed by atoms with van der Waals surface area (Å²) in [4.78, 5) is 52.8. The van der Waals surface area contributed by atoms with E-state index in [0.29, 0.717) is 55.5 Å².